The van der Waals surface area contributed by atoms with E-state index in [0.717, 1.165) is 11.3 Å². The average Bonchev–Trinajstić information content (AvgIpc) is 2.71. The highest BCUT2D eigenvalue weighted by Gasteiger charge is 2.10. The van der Waals surface area contributed by atoms with Crippen molar-refractivity contribution in [3.63, 3.8) is 0 Å². The normalized spacial score (nSPS) is 10.2. The van der Waals surface area contributed by atoms with E-state index in [1.165, 1.54) is 13.3 Å². The third-order valence-corrected chi connectivity index (χ3v) is 4.26. The summed E-state index contributed by atoms with van der Waals surface area (Å²) in [5, 5.41) is 6.54. The molecule has 28 heavy (non-hydrogen) atoms. The minimum absolute atomic E-state index is 0.333. The summed E-state index contributed by atoms with van der Waals surface area (Å²) in [5.41, 5.74) is 3.10. The van der Waals surface area contributed by atoms with E-state index in [0.29, 0.717) is 27.7 Å². The number of hydrogen-bond donors (Lipinski definition) is 2. The molecule has 0 radical (unpaired) electrons. The van der Waals surface area contributed by atoms with Gasteiger partial charge in [-0.15, -0.1) is 0 Å². The van der Waals surface area contributed by atoms with Crippen LogP contribution in [0.15, 0.2) is 60.8 Å². The Bertz CT molecular complexity index is 1020. The first-order valence-electron chi connectivity index (χ1n) is 8.45. The number of nitrogens with zero attached hydrogens (tertiary/aromatic N) is 1. The summed E-state index contributed by atoms with van der Waals surface area (Å²) in [6.45, 7) is 1.96. The Hall–Kier alpha value is -3.38. The highest BCUT2D eigenvalue weighted by atomic mass is 35.5. The molecule has 3 rings (SSSR count). The molecule has 2 aromatic carbocycles. The molecular weight excluding hydrogens is 378 g/mol. The van der Waals surface area contributed by atoms with Crippen molar-refractivity contribution in [2.75, 3.05) is 17.7 Å². The van der Waals surface area contributed by atoms with Crippen molar-refractivity contribution in [2.24, 2.45) is 0 Å². The molecule has 0 atom stereocenters. The van der Waals surface area contributed by atoms with Gasteiger partial charge in [0.05, 0.1) is 18.2 Å². The number of halogens is 1. The van der Waals surface area contributed by atoms with Crippen molar-refractivity contribution >= 4 is 40.7 Å². The van der Waals surface area contributed by atoms with Gasteiger partial charge in [-0.1, -0.05) is 23.7 Å². The highest BCUT2D eigenvalue weighted by molar-refractivity contribution is 6.30. The Balaban J connectivity index is 1.70. The second kappa shape index (κ2) is 8.54. The fraction of sp³-hybridized carbons (Fsp3) is 0.0952. The van der Waals surface area contributed by atoms with Crippen molar-refractivity contribution in [3.8, 4) is 0 Å². The molecule has 1 aromatic heterocycles. The zero-order valence-electron chi connectivity index (χ0n) is 15.3. The van der Waals surface area contributed by atoms with E-state index in [9.17, 15) is 9.59 Å². The van der Waals surface area contributed by atoms with Gasteiger partial charge < -0.3 is 15.4 Å². The number of benzene rings is 2. The molecule has 0 aliphatic rings. The zero-order valence-corrected chi connectivity index (χ0v) is 16.1. The summed E-state index contributed by atoms with van der Waals surface area (Å²) in [5.74, 6) is -0.209. The van der Waals surface area contributed by atoms with Crippen molar-refractivity contribution in [3.05, 3.63) is 82.5 Å². The highest BCUT2D eigenvalue weighted by Crippen LogP contribution is 2.23. The number of nitrogens with one attached hydrogen (secondary N) is 2. The second-order valence-electron chi connectivity index (χ2n) is 6.04. The lowest BCUT2D eigenvalue weighted by molar-refractivity contribution is 0.0600. The predicted molar refractivity (Wildman–Crippen MR) is 109 cm³/mol. The van der Waals surface area contributed by atoms with Crippen LogP contribution >= 0.6 is 11.6 Å². The van der Waals surface area contributed by atoms with Crippen LogP contribution in [0.5, 0.6) is 0 Å². The smallest absolute Gasteiger partial charge is 0.337 e. The minimum Gasteiger partial charge on any atom is -0.465 e. The van der Waals surface area contributed by atoms with Gasteiger partial charge in [0.25, 0.3) is 5.91 Å². The average molecular weight is 396 g/mol. The number of rotatable bonds is 5. The molecular formula is C21H18ClN3O3. The Morgan fingerprint density at radius 1 is 1.04 bits per heavy atom. The van der Waals surface area contributed by atoms with E-state index in [1.807, 2.05) is 25.1 Å². The quantitative estimate of drug-likeness (QED) is 0.605. The van der Waals surface area contributed by atoms with Crippen LogP contribution in [-0.4, -0.2) is 24.0 Å². The van der Waals surface area contributed by atoms with Gasteiger partial charge in [0.1, 0.15) is 5.82 Å². The maximum Gasteiger partial charge on any atom is 0.337 e. The van der Waals surface area contributed by atoms with Gasteiger partial charge in [-0.25, -0.2) is 9.78 Å². The molecule has 3 aromatic rings. The Kier molecular flexibility index (Phi) is 5.91. The Morgan fingerprint density at radius 3 is 2.57 bits per heavy atom. The summed E-state index contributed by atoms with van der Waals surface area (Å²) in [4.78, 5) is 28.3. The van der Waals surface area contributed by atoms with Crippen LogP contribution < -0.4 is 10.6 Å². The fourth-order valence-corrected chi connectivity index (χ4v) is 2.69. The number of carbonyl (C=O) groups excluding carboxylic acids is 2. The molecule has 0 aliphatic heterocycles. The van der Waals surface area contributed by atoms with Crippen LogP contribution in [0.2, 0.25) is 5.02 Å². The molecule has 142 valence electrons. The Morgan fingerprint density at radius 2 is 1.86 bits per heavy atom. The van der Waals surface area contributed by atoms with Crippen molar-refractivity contribution in [1.82, 2.24) is 4.98 Å². The molecule has 2 N–H and O–H groups in total. The molecule has 1 amide bonds. The van der Waals surface area contributed by atoms with Crippen LogP contribution in [0.25, 0.3) is 0 Å². The summed E-state index contributed by atoms with van der Waals surface area (Å²) in [7, 11) is 1.31. The standard InChI is InChI=1S/C21H18ClN3O3/c1-13-6-8-16(22)11-18(13)25-19-9-7-15(12-23-19)20(26)24-17-5-3-4-14(10-17)21(27)28-2/h3-12H,1-2H3,(H,23,25)(H,24,26). The molecule has 0 bridgehead atoms. The second-order valence-corrected chi connectivity index (χ2v) is 6.48. The van der Waals surface area contributed by atoms with Crippen LogP contribution in [-0.2, 0) is 4.74 Å². The molecule has 0 saturated heterocycles. The van der Waals surface area contributed by atoms with Crippen molar-refractivity contribution in [2.45, 2.75) is 6.92 Å². The molecule has 0 fully saturated rings. The maximum atomic E-state index is 12.4. The van der Waals surface area contributed by atoms with Crippen molar-refractivity contribution in [1.29, 1.82) is 0 Å². The maximum absolute atomic E-state index is 12.4. The lowest BCUT2D eigenvalue weighted by atomic mass is 10.2. The minimum atomic E-state index is -0.468. The number of pyridine rings is 1. The van der Waals surface area contributed by atoms with Gasteiger partial charge in [0.2, 0.25) is 0 Å². The first-order valence-corrected chi connectivity index (χ1v) is 8.83. The molecule has 7 heteroatoms. The molecule has 0 unspecified atom stereocenters. The number of methoxy groups -OCH3 is 1. The van der Waals surface area contributed by atoms with Gasteiger partial charge in [0.15, 0.2) is 0 Å². The third kappa shape index (κ3) is 4.66. The SMILES string of the molecule is COC(=O)c1cccc(NC(=O)c2ccc(Nc3cc(Cl)ccc3C)nc2)c1. The summed E-state index contributed by atoms with van der Waals surface area (Å²) >= 11 is 6.02. The summed E-state index contributed by atoms with van der Waals surface area (Å²) in [6.07, 6.45) is 1.47. The number of aryl methyl sites for hydroxylation is 1. The number of aromatic nitrogens is 1. The largest absolute Gasteiger partial charge is 0.465 e. The molecule has 0 aliphatic carbocycles. The Labute approximate surface area is 167 Å². The summed E-state index contributed by atoms with van der Waals surface area (Å²) in [6, 6.07) is 15.4. The predicted octanol–water partition coefficient (Wildman–Crippen LogP) is 4.83. The van der Waals surface area contributed by atoms with E-state index in [-0.39, 0.29) is 5.91 Å². The monoisotopic (exact) mass is 395 g/mol. The topological polar surface area (TPSA) is 80.3 Å². The zero-order chi connectivity index (χ0) is 20.1. The first kappa shape index (κ1) is 19.4. The van der Waals surface area contributed by atoms with Gasteiger partial charge in [-0.2, -0.15) is 0 Å². The van der Waals surface area contributed by atoms with Gasteiger partial charge >= 0.3 is 5.97 Å². The van der Waals surface area contributed by atoms with Crippen LogP contribution in [0, 0.1) is 6.92 Å². The number of hydrogen-bond acceptors (Lipinski definition) is 5. The molecule has 6 nitrogen and oxygen atoms in total. The number of ether oxygens (including phenoxy) is 1. The van der Waals surface area contributed by atoms with E-state index in [2.05, 4.69) is 20.4 Å². The molecule has 0 spiro atoms. The van der Waals surface area contributed by atoms with Gasteiger partial charge in [0, 0.05) is 22.6 Å². The number of amides is 1. The number of carbonyl (C=O) groups is 2. The number of anilines is 3. The third-order valence-electron chi connectivity index (χ3n) is 4.03. The van der Waals surface area contributed by atoms with Gasteiger partial charge in [-0.3, -0.25) is 4.79 Å². The fourth-order valence-electron chi connectivity index (χ4n) is 2.51. The lowest BCUT2D eigenvalue weighted by Gasteiger charge is -2.10. The van der Waals surface area contributed by atoms with E-state index < -0.39 is 5.97 Å². The molecule has 1 heterocycles. The van der Waals surface area contributed by atoms with Crippen LogP contribution in [0.1, 0.15) is 26.3 Å². The van der Waals surface area contributed by atoms with E-state index in [1.54, 1.807) is 36.4 Å². The van der Waals surface area contributed by atoms with Gasteiger partial charge in [-0.05, 0) is 55.0 Å². The summed E-state index contributed by atoms with van der Waals surface area (Å²) < 4.78 is 4.68. The molecule has 0 saturated carbocycles. The van der Waals surface area contributed by atoms with Crippen molar-refractivity contribution < 1.29 is 14.3 Å². The van der Waals surface area contributed by atoms with E-state index >= 15 is 0 Å². The first-order chi connectivity index (χ1) is 13.5. The van der Waals surface area contributed by atoms with Crippen LogP contribution in [0.4, 0.5) is 17.2 Å². The van der Waals surface area contributed by atoms with Crippen LogP contribution in [0.3, 0.4) is 0 Å². The number of esters is 1. The van der Waals surface area contributed by atoms with E-state index in [4.69, 9.17) is 11.6 Å². The lowest BCUT2D eigenvalue weighted by Crippen LogP contribution is -2.13.